The lowest BCUT2D eigenvalue weighted by atomic mass is 10.2. The minimum Gasteiger partial charge on any atom is -0.460 e. The Labute approximate surface area is 142 Å². The van der Waals surface area contributed by atoms with Crippen LogP contribution in [-0.4, -0.2) is 21.4 Å². The van der Waals surface area contributed by atoms with Crippen molar-refractivity contribution in [2.75, 3.05) is 0 Å². The van der Waals surface area contributed by atoms with Gasteiger partial charge in [0.2, 0.25) is 0 Å². The van der Waals surface area contributed by atoms with E-state index >= 15 is 0 Å². The quantitative estimate of drug-likeness (QED) is 0.604. The highest BCUT2D eigenvalue weighted by molar-refractivity contribution is 5.70. The van der Waals surface area contributed by atoms with Crippen LogP contribution in [0, 0.1) is 5.82 Å². The number of carbonyl (C=O) groups excluding carboxylic acids is 1. The van der Waals surface area contributed by atoms with Crippen LogP contribution in [0.2, 0.25) is 0 Å². The van der Waals surface area contributed by atoms with Crippen LogP contribution in [0.25, 0.3) is 5.69 Å². The number of aromatic nitrogens is 2. The van der Waals surface area contributed by atoms with Crippen LogP contribution in [0.15, 0.2) is 30.3 Å². The van der Waals surface area contributed by atoms with E-state index in [1.807, 2.05) is 0 Å². The number of benzene rings is 1. The van der Waals surface area contributed by atoms with Gasteiger partial charge in [0.15, 0.2) is 5.69 Å². The third kappa shape index (κ3) is 5.30. The molecule has 136 valence electrons. The SMILES string of the molecule is CC(C)(C)OC(=O)CCc1cc(C(F)(F)F)nn1-c1ccc(F)cc1. The van der Waals surface area contributed by atoms with Crippen LogP contribution < -0.4 is 0 Å². The zero-order chi connectivity index (χ0) is 18.8. The fourth-order valence-corrected chi connectivity index (χ4v) is 2.16. The van der Waals surface area contributed by atoms with Gasteiger partial charge in [-0.1, -0.05) is 0 Å². The molecule has 0 unspecified atom stereocenters. The molecule has 0 radical (unpaired) electrons. The molecule has 0 fully saturated rings. The van der Waals surface area contributed by atoms with E-state index in [1.54, 1.807) is 20.8 Å². The van der Waals surface area contributed by atoms with Crippen LogP contribution in [0.3, 0.4) is 0 Å². The van der Waals surface area contributed by atoms with Crippen LogP contribution >= 0.6 is 0 Å². The smallest absolute Gasteiger partial charge is 0.435 e. The van der Waals surface area contributed by atoms with Crippen molar-refractivity contribution in [1.82, 2.24) is 9.78 Å². The summed E-state index contributed by atoms with van der Waals surface area (Å²) in [4.78, 5) is 11.8. The van der Waals surface area contributed by atoms with E-state index in [2.05, 4.69) is 5.10 Å². The van der Waals surface area contributed by atoms with Gasteiger partial charge in [-0.15, -0.1) is 0 Å². The lowest BCUT2D eigenvalue weighted by molar-refractivity contribution is -0.154. The first-order valence-electron chi connectivity index (χ1n) is 7.59. The summed E-state index contributed by atoms with van der Waals surface area (Å²) >= 11 is 0. The average molecular weight is 358 g/mol. The number of carbonyl (C=O) groups is 1. The molecule has 0 saturated heterocycles. The summed E-state index contributed by atoms with van der Waals surface area (Å²) < 4.78 is 58.1. The molecule has 0 bridgehead atoms. The van der Waals surface area contributed by atoms with Gasteiger partial charge in [0.1, 0.15) is 11.4 Å². The van der Waals surface area contributed by atoms with Gasteiger partial charge in [-0.2, -0.15) is 18.3 Å². The highest BCUT2D eigenvalue weighted by Gasteiger charge is 2.35. The van der Waals surface area contributed by atoms with Crippen LogP contribution in [0.1, 0.15) is 38.6 Å². The van der Waals surface area contributed by atoms with Gasteiger partial charge < -0.3 is 4.74 Å². The summed E-state index contributed by atoms with van der Waals surface area (Å²) in [7, 11) is 0. The standard InChI is InChI=1S/C17H18F4N2O2/c1-16(2,3)25-15(24)9-8-13-10-14(17(19,20)21)22-23(13)12-6-4-11(18)5-7-12/h4-7,10H,8-9H2,1-3H3. The Hall–Kier alpha value is -2.38. The first-order chi connectivity index (χ1) is 11.5. The monoisotopic (exact) mass is 358 g/mol. The topological polar surface area (TPSA) is 44.1 Å². The van der Waals surface area contributed by atoms with Crippen molar-refractivity contribution in [3.05, 3.63) is 47.5 Å². The summed E-state index contributed by atoms with van der Waals surface area (Å²) in [6.45, 7) is 5.11. The van der Waals surface area contributed by atoms with Crippen molar-refractivity contribution >= 4 is 5.97 Å². The Balaban J connectivity index is 2.27. The van der Waals surface area contributed by atoms with E-state index in [-0.39, 0.29) is 24.2 Å². The third-order valence-corrected chi connectivity index (χ3v) is 3.15. The van der Waals surface area contributed by atoms with E-state index in [0.717, 1.165) is 22.9 Å². The van der Waals surface area contributed by atoms with Crippen molar-refractivity contribution < 1.29 is 27.1 Å². The average Bonchev–Trinajstić information content (AvgIpc) is 2.88. The number of aryl methyl sites for hydroxylation is 1. The fraction of sp³-hybridized carbons (Fsp3) is 0.412. The molecule has 0 aliphatic rings. The fourth-order valence-electron chi connectivity index (χ4n) is 2.16. The molecule has 8 heteroatoms. The summed E-state index contributed by atoms with van der Waals surface area (Å²) in [5, 5.41) is 3.55. The molecule has 0 aliphatic heterocycles. The maximum Gasteiger partial charge on any atom is 0.435 e. The number of esters is 1. The molecular weight excluding hydrogens is 340 g/mol. The van der Waals surface area contributed by atoms with Crippen molar-refractivity contribution in [2.24, 2.45) is 0 Å². The molecule has 25 heavy (non-hydrogen) atoms. The second-order valence-electron chi connectivity index (χ2n) is 6.49. The Morgan fingerprint density at radius 3 is 2.28 bits per heavy atom. The number of hydrogen-bond acceptors (Lipinski definition) is 3. The minimum atomic E-state index is -4.62. The van der Waals surface area contributed by atoms with Crippen LogP contribution in [0.4, 0.5) is 17.6 Å². The highest BCUT2D eigenvalue weighted by atomic mass is 19.4. The molecule has 1 aromatic carbocycles. The van der Waals surface area contributed by atoms with E-state index in [1.165, 1.54) is 12.1 Å². The van der Waals surface area contributed by atoms with Gasteiger partial charge >= 0.3 is 12.1 Å². The second-order valence-corrected chi connectivity index (χ2v) is 6.49. The zero-order valence-electron chi connectivity index (χ0n) is 14.0. The van der Waals surface area contributed by atoms with E-state index < -0.39 is 29.3 Å². The molecule has 2 aromatic rings. The molecule has 4 nitrogen and oxygen atoms in total. The molecule has 0 N–H and O–H groups in total. The molecule has 0 amide bonds. The molecule has 0 aliphatic carbocycles. The second kappa shape index (κ2) is 6.85. The largest absolute Gasteiger partial charge is 0.460 e. The Morgan fingerprint density at radius 2 is 1.76 bits per heavy atom. The summed E-state index contributed by atoms with van der Waals surface area (Å²) in [6, 6.07) is 5.77. The molecule has 2 rings (SSSR count). The predicted molar refractivity (Wildman–Crippen MR) is 82.7 cm³/mol. The van der Waals surface area contributed by atoms with Crippen molar-refractivity contribution in [2.45, 2.75) is 45.4 Å². The Bertz CT molecular complexity index is 743. The number of ether oxygens (including phenoxy) is 1. The van der Waals surface area contributed by atoms with Gasteiger partial charge in [-0.05, 0) is 51.1 Å². The van der Waals surface area contributed by atoms with Crippen molar-refractivity contribution in [1.29, 1.82) is 0 Å². The maximum absolute atomic E-state index is 13.0. The molecule has 0 saturated carbocycles. The van der Waals surface area contributed by atoms with Crippen LogP contribution in [0.5, 0.6) is 0 Å². The normalized spacial score (nSPS) is 12.3. The van der Waals surface area contributed by atoms with Gasteiger partial charge in [-0.3, -0.25) is 4.79 Å². The first kappa shape index (κ1) is 19.0. The lowest BCUT2D eigenvalue weighted by Crippen LogP contribution is -2.24. The van der Waals surface area contributed by atoms with Crippen molar-refractivity contribution in [3.63, 3.8) is 0 Å². The number of hydrogen-bond donors (Lipinski definition) is 0. The number of nitrogens with zero attached hydrogens (tertiary/aromatic N) is 2. The van der Waals surface area contributed by atoms with Gasteiger partial charge in [0.25, 0.3) is 0 Å². The first-order valence-corrected chi connectivity index (χ1v) is 7.59. The third-order valence-electron chi connectivity index (χ3n) is 3.15. The number of alkyl halides is 3. The Morgan fingerprint density at radius 1 is 1.16 bits per heavy atom. The van der Waals surface area contributed by atoms with E-state index in [4.69, 9.17) is 4.74 Å². The van der Waals surface area contributed by atoms with E-state index in [0.29, 0.717) is 0 Å². The minimum absolute atomic E-state index is 0.00930. The van der Waals surface area contributed by atoms with Gasteiger partial charge in [0.05, 0.1) is 12.1 Å². The molecule has 1 aromatic heterocycles. The predicted octanol–water partition coefficient (Wildman–Crippen LogP) is 4.30. The van der Waals surface area contributed by atoms with Gasteiger partial charge in [-0.25, -0.2) is 9.07 Å². The number of rotatable bonds is 4. The lowest BCUT2D eigenvalue weighted by Gasteiger charge is -2.19. The highest BCUT2D eigenvalue weighted by Crippen LogP contribution is 2.30. The van der Waals surface area contributed by atoms with Crippen LogP contribution in [-0.2, 0) is 22.1 Å². The molecular formula is C17H18F4N2O2. The molecule has 1 heterocycles. The van der Waals surface area contributed by atoms with Crippen molar-refractivity contribution in [3.8, 4) is 5.69 Å². The summed E-state index contributed by atoms with van der Waals surface area (Å²) in [5.41, 5.74) is -1.29. The summed E-state index contributed by atoms with van der Waals surface area (Å²) in [5.74, 6) is -1.03. The number of halogens is 4. The molecule has 0 atom stereocenters. The van der Waals surface area contributed by atoms with E-state index in [9.17, 15) is 22.4 Å². The summed E-state index contributed by atoms with van der Waals surface area (Å²) in [6.07, 6.45) is -4.71. The maximum atomic E-state index is 13.0. The zero-order valence-corrected chi connectivity index (χ0v) is 14.0. The molecule has 0 spiro atoms. The van der Waals surface area contributed by atoms with Gasteiger partial charge in [0, 0.05) is 12.1 Å². The Kier molecular flexibility index (Phi) is 5.20.